The van der Waals surface area contributed by atoms with Gasteiger partial charge in [0.15, 0.2) is 0 Å². The van der Waals surface area contributed by atoms with Crippen LogP contribution in [-0.2, 0) is 23.0 Å². The summed E-state index contributed by atoms with van der Waals surface area (Å²) in [6.45, 7) is 2.03. The second kappa shape index (κ2) is 3.96. The number of nitrogens with zero attached hydrogens (tertiary/aromatic N) is 2. The summed E-state index contributed by atoms with van der Waals surface area (Å²) in [4.78, 5) is 15.5. The minimum atomic E-state index is -0.243. The number of methoxy groups -OCH3 is 1. The lowest BCUT2D eigenvalue weighted by molar-refractivity contribution is -0.139. The molecule has 84 valence electrons. The maximum atomic E-state index is 11.2. The van der Waals surface area contributed by atoms with Crippen LogP contribution >= 0.6 is 0 Å². The van der Waals surface area contributed by atoms with E-state index in [4.69, 9.17) is 0 Å². The van der Waals surface area contributed by atoms with E-state index in [0.29, 0.717) is 0 Å². The second-order valence-electron chi connectivity index (χ2n) is 3.85. The van der Waals surface area contributed by atoms with Crippen LogP contribution in [0.3, 0.4) is 0 Å². The first kappa shape index (κ1) is 10.7. The molecule has 0 spiro atoms. The van der Waals surface area contributed by atoms with Gasteiger partial charge in [-0.1, -0.05) is 0 Å². The van der Waals surface area contributed by atoms with Gasteiger partial charge in [0.05, 0.1) is 24.6 Å². The van der Waals surface area contributed by atoms with Crippen molar-refractivity contribution in [3.63, 3.8) is 0 Å². The van der Waals surface area contributed by atoms with Crippen LogP contribution < -0.4 is 0 Å². The first-order chi connectivity index (χ1) is 7.61. The molecule has 0 unspecified atom stereocenters. The molecule has 0 atom stereocenters. The predicted octanol–water partition coefficient (Wildman–Crippen LogP) is 1.60. The highest BCUT2D eigenvalue weighted by atomic mass is 16.5. The zero-order valence-corrected chi connectivity index (χ0v) is 9.65. The number of aryl methyl sites for hydroxylation is 2. The van der Waals surface area contributed by atoms with Crippen molar-refractivity contribution in [1.82, 2.24) is 9.55 Å². The Balaban J connectivity index is 2.43. The summed E-state index contributed by atoms with van der Waals surface area (Å²) in [6.07, 6.45) is 1.99. The van der Waals surface area contributed by atoms with Gasteiger partial charge in [0.2, 0.25) is 0 Å². The lowest BCUT2D eigenvalue weighted by Gasteiger charge is -2.02. The van der Waals surface area contributed by atoms with Crippen molar-refractivity contribution in [1.29, 1.82) is 0 Å². The van der Waals surface area contributed by atoms with E-state index >= 15 is 0 Å². The number of carbonyl (C=O) groups excluding carboxylic acids is 1. The number of pyridine rings is 1. The fourth-order valence-electron chi connectivity index (χ4n) is 1.71. The maximum Gasteiger partial charge on any atom is 0.310 e. The molecule has 0 saturated heterocycles. The molecule has 0 amide bonds. The number of hydrogen-bond acceptors (Lipinski definition) is 3. The molecule has 4 heteroatoms. The molecule has 0 radical (unpaired) electrons. The monoisotopic (exact) mass is 218 g/mol. The summed E-state index contributed by atoms with van der Waals surface area (Å²) in [7, 11) is 3.38. The molecule has 0 aliphatic carbocycles. The summed E-state index contributed by atoms with van der Waals surface area (Å²) in [6, 6.07) is 4.00. The zero-order valence-electron chi connectivity index (χ0n) is 9.65. The third-order valence-electron chi connectivity index (χ3n) is 2.77. The smallest absolute Gasteiger partial charge is 0.310 e. The predicted molar refractivity (Wildman–Crippen MR) is 61.2 cm³/mol. The Labute approximate surface area is 93.9 Å². The SMILES string of the molecule is COC(=O)Cc1cnc2cc(C)n(C)c2c1. The highest BCUT2D eigenvalue weighted by molar-refractivity contribution is 5.79. The summed E-state index contributed by atoms with van der Waals surface area (Å²) < 4.78 is 6.69. The van der Waals surface area contributed by atoms with Crippen LogP contribution in [0.2, 0.25) is 0 Å². The number of aromatic nitrogens is 2. The molecule has 0 aromatic carbocycles. The molecule has 16 heavy (non-hydrogen) atoms. The van der Waals surface area contributed by atoms with Crippen molar-refractivity contribution in [3.8, 4) is 0 Å². The molecule has 0 fully saturated rings. The average molecular weight is 218 g/mol. The molecule has 0 N–H and O–H groups in total. The van der Waals surface area contributed by atoms with E-state index in [1.54, 1.807) is 6.20 Å². The van der Waals surface area contributed by atoms with Crippen LogP contribution in [-0.4, -0.2) is 22.6 Å². The van der Waals surface area contributed by atoms with Crippen molar-refractivity contribution in [3.05, 3.63) is 29.6 Å². The highest BCUT2D eigenvalue weighted by Crippen LogP contribution is 2.17. The summed E-state index contributed by atoms with van der Waals surface area (Å²) in [5, 5.41) is 0. The molecule has 2 heterocycles. The average Bonchev–Trinajstić information content (AvgIpc) is 2.55. The molecule has 0 aliphatic heterocycles. The van der Waals surface area contributed by atoms with Gasteiger partial charge in [-0.05, 0) is 24.6 Å². The number of fused-ring (bicyclic) bond motifs is 1. The Morgan fingerprint density at radius 2 is 2.25 bits per heavy atom. The molecule has 0 bridgehead atoms. The number of rotatable bonds is 2. The van der Waals surface area contributed by atoms with Crippen LogP contribution in [0.4, 0.5) is 0 Å². The fourth-order valence-corrected chi connectivity index (χ4v) is 1.71. The maximum absolute atomic E-state index is 11.2. The molecule has 0 aliphatic rings. The van der Waals surface area contributed by atoms with Crippen LogP contribution in [0.1, 0.15) is 11.3 Å². The van der Waals surface area contributed by atoms with Gasteiger partial charge in [-0.2, -0.15) is 0 Å². The largest absolute Gasteiger partial charge is 0.469 e. The zero-order chi connectivity index (χ0) is 11.7. The van der Waals surface area contributed by atoms with Crippen LogP contribution in [0, 0.1) is 6.92 Å². The van der Waals surface area contributed by atoms with Crippen LogP contribution in [0.5, 0.6) is 0 Å². The van der Waals surface area contributed by atoms with Crippen molar-refractivity contribution in [2.24, 2.45) is 7.05 Å². The Hall–Kier alpha value is -1.84. The van der Waals surface area contributed by atoms with E-state index < -0.39 is 0 Å². The van der Waals surface area contributed by atoms with E-state index in [1.165, 1.54) is 7.11 Å². The molecule has 2 aromatic rings. The van der Waals surface area contributed by atoms with E-state index in [2.05, 4.69) is 14.3 Å². The molecular weight excluding hydrogens is 204 g/mol. The van der Waals surface area contributed by atoms with Crippen molar-refractivity contribution in [2.75, 3.05) is 7.11 Å². The minimum absolute atomic E-state index is 0.243. The lowest BCUT2D eigenvalue weighted by Crippen LogP contribution is -2.04. The van der Waals surface area contributed by atoms with Gasteiger partial charge in [-0.15, -0.1) is 0 Å². The standard InChI is InChI=1S/C12H14N2O2/c1-8-4-10-11(14(8)2)5-9(7-13-10)6-12(15)16-3/h4-5,7H,6H2,1-3H3. The highest BCUT2D eigenvalue weighted by Gasteiger charge is 2.07. The minimum Gasteiger partial charge on any atom is -0.469 e. The van der Waals surface area contributed by atoms with Gasteiger partial charge >= 0.3 is 5.97 Å². The van der Waals surface area contributed by atoms with Gasteiger partial charge in [0, 0.05) is 18.9 Å². The number of esters is 1. The first-order valence-electron chi connectivity index (χ1n) is 5.09. The second-order valence-corrected chi connectivity index (χ2v) is 3.85. The normalized spacial score (nSPS) is 10.7. The number of carbonyl (C=O) groups is 1. The quantitative estimate of drug-likeness (QED) is 0.719. The molecule has 2 rings (SSSR count). The van der Waals surface area contributed by atoms with Crippen molar-refractivity contribution >= 4 is 17.0 Å². The number of hydrogen-bond donors (Lipinski definition) is 0. The van der Waals surface area contributed by atoms with Gasteiger partial charge in [0.25, 0.3) is 0 Å². The summed E-state index contributed by atoms with van der Waals surface area (Å²) in [5.74, 6) is -0.243. The van der Waals surface area contributed by atoms with Gasteiger partial charge < -0.3 is 9.30 Å². The summed E-state index contributed by atoms with van der Waals surface area (Å²) in [5.41, 5.74) is 4.02. The van der Waals surface area contributed by atoms with Crippen LogP contribution in [0.15, 0.2) is 18.3 Å². The van der Waals surface area contributed by atoms with Crippen molar-refractivity contribution in [2.45, 2.75) is 13.3 Å². The Morgan fingerprint density at radius 1 is 1.50 bits per heavy atom. The lowest BCUT2D eigenvalue weighted by atomic mass is 10.2. The summed E-state index contributed by atoms with van der Waals surface area (Å²) >= 11 is 0. The molecule has 0 saturated carbocycles. The van der Waals surface area contributed by atoms with Gasteiger partial charge in [0.1, 0.15) is 0 Å². The van der Waals surface area contributed by atoms with Crippen molar-refractivity contribution < 1.29 is 9.53 Å². The molecule has 2 aromatic heterocycles. The Kier molecular flexibility index (Phi) is 2.64. The Morgan fingerprint density at radius 3 is 2.94 bits per heavy atom. The van der Waals surface area contributed by atoms with E-state index in [9.17, 15) is 4.79 Å². The molecular formula is C12H14N2O2. The van der Waals surface area contributed by atoms with Crippen LogP contribution in [0.25, 0.3) is 11.0 Å². The topological polar surface area (TPSA) is 44.1 Å². The van der Waals surface area contributed by atoms with Gasteiger partial charge in [-0.3, -0.25) is 9.78 Å². The fraction of sp³-hybridized carbons (Fsp3) is 0.333. The first-order valence-corrected chi connectivity index (χ1v) is 5.09. The number of ether oxygens (including phenoxy) is 1. The van der Waals surface area contributed by atoms with E-state index in [1.807, 2.05) is 26.1 Å². The Bertz CT molecular complexity index is 543. The third kappa shape index (κ3) is 1.78. The van der Waals surface area contributed by atoms with E-state index in [-0.39, 0.29) is 12.4 Å². The van der Waals surface area contributed by atoms with E-state index in [0.717, 1.165) is 22.3 Å². The third-order valence-corrected chi connectivity index (χ3v) is 2.77. The van der Waals surface area contributed by atoms with Gasteiger partial charge in [-0.25, -0.2) is 0 Å². The molecule has 4 nitrogen and oxygen atoms in total.